The van der Waals surface area contributed by atoms with Gasteiger partial charge in [-0.15, -0.1) is 0 Å². The van der Waals surface area contributed by atoms with Crippen LogP contribution in [-0.4, -0.2) is 40.7 Å². The quantitative estimate of drug-likeness (QED) is 0.496. The Morgan fingerprint density at radius 3 is 2.50 bits per heavy atom. The Kier molecular flexibility index (Phi) is 6.04. The average Bonchev–Trinajstić information content (AvgIpc) is 2.98. The lowest BCUT2D eigenvalue weighted by atomic mass is 9.91. The van der Waals surface area contributed by atoms with Gasteiger partial charge in [-0.25, -0.2) is 14.4 Å². The number of likely N-dealkylation sites (N-methyl/N-ethyl adjacent to an activating group) is 1. The van der Waals surface area contributed by atoms with Crippen LogP contribution in [0.4, 0.5) is 24.7 Å². The second-order valence-electron chi connectivity index (χ2n) is 9.82. The number of ether oxygens (including phenoxy) is 1. The molecule has 0 saturated carbocycles. The summed E-state index contributed by atoms with van der Waals surface area (Å²) in [7, 11) is 3.11. The molecule has 0 radical (unpaired) electrons. The van der Waals surface area contributed by atoms with Crippen LogP contribution in [0.15, 0.2) is 30.3 Å². The zero-order chi connectivity index (χ0) is 26.8. The maximum Gasteiger partial charge on any atom is 0.303 e. The molecule has 3 aromatic rings. The van der Waals surface area contributed by atoms with Gasteiger partial charge >= 0.3 is 5.92 Å². The average molecular weight is 503 g/mol. The van der Waals surface area contributed by atoms with Gasteiger partial charge in [0.15, 0.2) is 5.60 Å². The number of nitrogens with zero attached hydrogens (tertiary/aromatic N) is 3. The number of benzene rings is 2. The van der Waals surface area contributed by atoms with Crippen LogP contribution < -0.4 is 10.2 Å². The summed E-state index contributed by atoms with van der Waals surface area (Å²) in [6.45, 7) is 6.87. The SMILES string of the molecule is CO[C@]1(C)C(=O)N(C)c2cc3nc(C)nc(NC(C)c4cccc(C(F)(F)C(C)(C)O)c4F)c3cc21. The number of aryl methyl sites for hydroxylation is 1. The number of halogens is 3. The van der Waals surface area contributed by atoms with Crippen LogP contribution >= 0.6 is 0 Å². The summed E-state index contributed by atoms with van der Waals surface area (Å²) < 4.78 is 50.5. The van der Waals surface area contributed by atoms with Crippen molar-refractivity contribution in [2.75, 3.05) is 24.4 Å². The fraction of sp³-hybridized carbons (Fsp3) is 0.423. The first-order valence-corrected chi connectivity index (χ1v) is 11.4. The van der Waals surface area contributed by atoms with Gasteiger partial charge in [0.1, 0.15) is 23.1 Å². The molecule has 1 aliphatic heterocycles. The molecule has 2 atom stereocenters. The van der Waals surface area contributed by atoms with Crippen molar-refractivity contribution in [2.45, 2.75) is 57.8 Å². The molecular weight excluding hydrogens is 473 g/mol. The number of methoxy groups -OCH3 is 1. The van der Waals surface area contributed by atoms with Crippen molar-refractivity contribution >= 4 is 28.3 Å². The molecule has 1 aromatic heterocycles. The summed E-state index contributed by atoms with van der Waals surface area (Å²) in [5.74, 6) is -4.36. The van der Waals surface area contributed by atoms with E-state index in [0.717, 1.165) is 19.9 Å². The molecule has 0 aliphatic carbocycles. The van der Waals surface area contributed by atoms with Gasteiger partial charge in [-0.2, -0.15) is 8.78 Å². The molecule has 2 aromatic carbocycles. The minimum Gasteiger partial charge on any atom is -0.384 e. The number of carbonyl (C=O) groups excluding carboxylic acids is 1. The monoisotopic (exact) mass is 502 g/mol. The smallest absolute Gasteiger partial charge is 0.303 e. The largest absolute Gasteiger partial charge is 0.384 e. The Bertz CT molecular complexity index is 1370. The van der Waals surface area contributed by atoms with Crippen LogP contribution in [0.2, 0.25) is 0 Å². The van der Waals surface area contributed by atoms with Crippen LogP contribution in [0.25, 0.3) is 10.9 Å². The number of amides is 1. The highest BCUT2D eigenvalue weighted by atomic mass is 19.3. The van der Waals surface area contributed by atoms with Crippen molar-refractivity contribution < 1.29 is 27.8 Å². The van der Waals surface area contributed by atoms with Crippen LogP contribution in [0.3, 0.4) is 0 Å². The first kappa shape index (κ1) is 25.8. The highest BCUT2D eigenvalue weighted by molar-refractivity contribution is 6.09. The number of alkyl halides is 2. The molecule has 1 aliphatic rings. The van der Waals surface area contributed by atoms with E-state index in [9.17, 15) is 18.7 Å². The van der Waals surface area contributed by atoms with Gasteiger partial charge in [-0.3, -0.25) is 4.79 Å². The fourth-order valence-corrected chi connectivity index (χ4v) is 4.53. The Balaban J connectivity index is 1.81. The number of fused-ring (bicyclic) bond motifs is 2. The van der Waals surface area contributed by atoms with E-state index in [-0.39, 0.29) is 11.5 Å². The van der Waals surface area contributed by atoms with E-state index >= 15 is 4.39 Å². The molecule has 0 fully saturated rings. The van der Waals surface area contributed by atoms with E-state index < -0.39 is 34.5 Å². The van der Waals surface area contributed by atoms with Gasteiger partial charge in [0.25, 0.3) is 5.91 Å². The predicted molar refractivity (Wildman–Crippen MR) is 131 cm³/mol. The van der Waals surface area contributed by atoms with Crippen molar-refractivity contribution in [3.05, 3.63) is 58.7 Å². The summed E-state index contributed by atoms with van der Waals surface area (Å²) in [6, 6.07) is 6.46. The minimum atomic E-state index is -3.81. The second-order valence-corrected chi connectivity index (χ2v) is 9.82. The number of hydrogen-bond acceptors (Lipinski definition) is 6. The molecule has 4 rings (SSSR count). The second kappa shape index (κ2) is 8.41. The van der Waals surface area contributed by atoms with E-state index in [1.807, 2.05) is 0 Å². The summed E-state index contributed by atoms with van der Waals surface area (Å²) in [4.78, 5) is 23.3. The molecule has 7 nitrogen and oxygen atoms in total. The van der Waals surface area contributed by atoms with Gasteiger partial charge in [0.2, 0.25) is 0 Å². The Labute approximate surface area is 207 Å². The molecule has 1 unspecified atom stereocenters. The van der Waals surface area contributed by atoms with E-state index in [2.05, 4.69) is 15.3 Å². The summed E-state index contributed by atoms with van der Waals surface area (Å²) >= 11 is 0. The van der Waals surface area contributed by atoms with Crippen molar-refractivity contribution in [3.8, 4) is 0 Å². The summed E-state index contributed by atoms with van der Waals surface area (Å²) in [5, 5.41) is 13.6. The van der Waals surface area contributed by atoms with Crippen molar-refractivity contribution in [2.24, 2.45) is 0 Å². The van der Waals surface area contributed by atoms with Gasteiger partial charge < -0.3 is 20.1 Å². The van der Waals surface area contributed by atoms with Gasteiger partial charge in [-0.05, 0) is 52.8 Å². The molecule has 0 spiro atoms. The molecule has 10 heteroatoms. The number of aromatic nitrogens is 2. The third-order valence-electron chi connectivity index (χ3n) is 6.88. The number of hydrogen-bond donors (Lipinski definition) is 2. The lowest BCUT2D eigenvalue weighted by Crippen LogP contribution is -2.41. The third-order valence-corrected chi connectivity index (χ3v) is 6.88. The van der Waals surface area contributed by atoms with E-state index in [0.29, 0.717) is 33.8 Å². The molecule has 2 N–H and O–H groups in total. The standard InChI is InChI=1S/C26H29F3N4O3/c1-13(15-9-8-10-17(21(15)27)26(28,29)24(3,4)35)30-22-16-11-18-20(12-19(16)31-14(2)32-22)33(6)23(34)25(18,5)36-7/h8-13,35H,1-7H3,(H,30,31,32)/t13?,25-/m0/s1. The van der Waals surface area contributed by atoms with Crippen LogP contribution in [0.1, 0.15) is 56.3 Å². The molecule has 0 saturated heterocycles. The summed E-state index contributed by atoms with van der Waals surface area (Å²) in [6.07, 6.45) is 0. The highest BCUT2D eigenvalue weighted by Crippen LogP contribution is 2.45. The summed E-state index contributed by atoms with van der Waals surface area (Å²) in [5.41, 5.74) is -2.72. The number of nitrogens with one attached hydrogen (secondary N) is 1. The van der Waals surface area contributed by atoms with Crippen molar-refractivity contribution in [3.63, 3.8) is 0 Å². The van der Waals surface area contributed by atoms with E-state index in [1.165, 1.54) is 24.1 Å². The zero-order valence-electron chi connectivity index (χ0n) is 21.2. The first-order valence-electron chi connectivity index (χ1n) is 11.4. The van der Waals surface area contributed by atoms with E-state index in [1.54, 1.807) is 40.0 Å². The molecule has 2 heterocycles. The van der Waals surface area contributed by atoms with Gasteiger partial charge in [-0.1, -0.05) is 12.1 Å². The molecule has 0 bridgehead atoms. The number of carbonyl (C=O) groups is 1. The third kappa shape index (κ3) is 3.79. The number of anilines is 2. The predicted octanol–water partition coefficient (Wildman–Crippen LogP) is 4.95. The highest BCUT2D eigenvalue weighted by Gasteiger charge is 2.49. The molecule has 1 amide bonds. The Morgan fingerprint density at radius 2 is 1.89 bits per heavy atom. The van der Waals surface area contributed by atoms with E-state index in [4.69, 9.17) is 4.74 Å². The lowest BCUT2D eigenvalue weighted by molar-refractivity contribution is -0.170. The van der Waals surface area contributed by atoms with Crippen molar-refractivity contribution in [1.29, 1.82) is 0 Å². The van der Waals surface area contributed by atoms with Gasteiger partial charge in [0, 0.05) is 30.7 Å². The Morgan fingerprint density at radius 1 is 1.22 bits per heavy atom. The number of aliphatic hydroxyl groups is 1. The van der Waals surface area contributed by atoms with Crippen LogP contribution in [0.5, 0.6) is 0 Å². The maximum atomic E-state index is 15.3. The van der Waals surface area contributed by atoms with Crippen LogP contribution in [-0.2, 0) is 21.1 Å². The topological polar surface area (TPSA) is 87.6 Å². The van der Waals surface area contributed by atoms with Crippen LogP contribution in [0, 0.1) is 12.7 Å². The number of rotatable bonds is 6. The normalized spacial score (nSPS) is 19.1. The van der Waals surface area contributed by atoms with Crippen molar-refractivity contribution in [1.82, 2.24) is 9.97 Å². The first-order chi connectivity index (χ1) is 16.6. The lowest BCUT2D eigenvalue weighted by Gasteiger charge is -2.30. The molecular formula is C26H29F3N4O3. The maximum absolute atomic E-state index is 15.3. The zero-order valence-corrected chi connectivity index (χ0v) is 21.2. The molecule has 36 heavy (non-hydrogen) atoms. The van der Waals surface area contributed by atoms with Gasteiger partial charge in [0.05, 0.1) is 22.8 Å². The fourth-order valence-electron chi connectivity index (χ4n) is 4.53. The Hall–Kier alpha value is -3.24. The molecule has 192 valence electrons. The minimum absolute atomic E-state index is 0.0151.